The number of esters is 1. The Morgan fingerprint density at radius 1 is 1.00 bits per heavy atom. The van der Waals surface area contributed by atoms with Gasteiger partial charge < -0.3 is 14.8 Å². The van der Waals surface area contributed by atoms with Crippen LogP contribution in [-0.4, -0.2) is 32.1 Å². The maximum Gasteiger partial charge on any atom is 0.416 e. The van der Waals surface area contributed by atoms with Gasteiger partial charge in [-0.05, 0) is 54.3 Å². The molecule has 0 radical (unpaired) electrons. The molecule has 2 aromatic rings. The molecule has 3 unspecified atom stereocenters. The molecule has 0 bridgehead atoms. The Hall–Kier alpha value is -3.29. The van der Waals surface area contributed by atoms with Crippen LogP contribution in [0.5, 0.6) is 5.75 Å². The Bertz CT molecular complexity index is 952. The van der Waals surface area contributed by atoms with Gasteiger partial charge in [0, 0.05) is 11.6 Å². The van der Waals surface area contributed by atoms with Crippen molar-refractivity contribution in [3.8, 4) is 5.75 Å². The number of rotatable bonds is 6. The molecule has 8 heteroatoms. The zero-order chi connectivity index (χ0) is 22.6. The number of nitrogens with one attached hydrogen (secondary N) is 1. The highest BCUT2D eigenvalue weighted by Gasteiger charge is 2.34. The summed E-state index contributed by atoms with van der Waals surface area (Å²) < 4.78 is 48.2. The minimum Gasteiger partial charge on any atom is -0.497 e. The van der Waals surface area contributed by atoms with Crippen molar-refractivity contribution >= 4 is 11.9 Å². The van der Waals surface area contributed by atoms with Crippen molar-refractivity contribution in [2.24, 2.45) is 5.92 Å². The molecule has 0 heterocycles. The number of halogens is 3. The van der Waals surface area contributed by atoms with Crippen LogP contribution >= 0.6 is 0 Å². The van der Waals surface area contributed by atoms with Gasteiger partial charge in [-0.3, -0.25) is 9.59 Å². The molecule has 0 aliphatic heterocycles. The van der Waals surface area contributed by atoms with E-state index in [9.17, 15) is 22.8 Å². The Balaban J connectivity index is 1.68. The summed E-state index contributed by atoms with van der Waals surface area (Å²) in [4.78, 5) is 24.9. The molecule has 0 fully saturated rings. The minimum absolute atomic E-state index is 0.129. The van der Waals surface area contributed by atoms with Crippen molar-refractivity contribution in [3.05, 3.63) is 77.4 Å². The second-order valence-corrected chi connectivity index (χ2v) is 7.21. The average Bonchev–Trinajstić information content (AvgIpc) is 3.21. The van der Waals surface area contributed by atoms with E-state index < -0.39 is 29.5 Å². The van der Waals surface area contributed by atoms with Gasteiger partial charge >= 0.3 is 12.1 Å². The van der Waals surface area contributed by atoms with Gasteiger partial charge in [0.25, 0.3) is 5.91 Å². The lowest BCUT2D eigenvalue weighted by Crippen LogP contribution is -2.33. The van der Waals surface area contributed by atoms with Crippen LogP contribution < -0.4 is 10.1 Å². The molecule has 1 aliphatic rings. The number of hydrogen-bond acceptors (Lipinski definition) is 4. The van der Waals surface area contributed by atoms with E-state index in [1.165, 1.54) is 7.11 Å². The number of carbonyl (C=O) groups excluding carboxylic acids is 2. The fraction of sp³-hybridized carbons (Fsp3) is 0.304. The molecule has 0 spiro atoms. The normalized spacial score (nSPS) is 19.0. The van der Waals surface area contributed by atoms with Crippen molar-refractivity contribution < 1.29 is 32.2 Å². The van der Waals surface area contributed by atoms with E-state index in [1.54, 1.807) is 37.5 Å². The van der Waals surface area contributed by atoms with E-state index in [0.29, 0.717) is 12.2 Å². The Labute approximate surface area is 177 Å². The molecule has 0 aromatic heterocycles. The Morgan fingerprint density at radius 2 is 1.65 bits per heavy atom. The molecule has 0 saturated heterocycles. The van der Waals surface area contributed by atoms with Crippen molar-refractivity contribution in [3.63, 3.8) is 0 Å². The highest BCUT2D eigenvalue weighted by Crippen LogP contribution is 2.35. The van der Waals surface area contributed by atoms with Gasteiger partial charge in [-0.2, -0.15) is 13.2 Å². The van der Waals surface area contributed by atoms with Crippen LogP contribution in [0.3, 0.4) is 0 Å². The predicted molar refractivity (Wildman–Crippen MR) is 108 cm³/mol. The number of hydrogen-bond donors (Lipinski definition) is 1. The van der Waals surface area contributed by atoms with Crippen LogP contribution in [0.15, 0.2) is 60.7 Å². The smallest absolute Gasteiger partial charge is 0.416 e. The fourth-order valence-corrected chi connectivity index (χ4v) is 3.64. The van der Waals surface area contributed by atoms with Gasteiger partial charge in [0.15, 0.2) is 0 Å². The zero-order valence-electron chi connectivity index (χ0n) is 17.0. The number of alkyl halides is 3. The molecule has 31 heavy (non-hydrogen) atoms. The lowest BCUT2D eigenvalue weighted by Gasteiger charge is -2.22. The molecule has 1 N–H and O–H groups in total. The van der Waals surface area contributed by atoms with E-state index in [0.717, 1.165) is 29.8 Å². The van der Waals surface area contributed by atoms with Gasteiger partial charge in [0.1, 0.15) is 5.75 Å². The predicted octanol–water partition coefficient (Wildman–Crippen LogP) is 4.35. The molecule has 1 amide bonds. The number of benzene rings is 2. The largest absolute Gasteiger partial charge is 0.497 e. The molecular formula is C23H22F3NO4. The molecule has 2 aromatic carbocycles. The Kier molecular flexibility index (Phi) is 6.68. The number of allylic oxidation sites excluding steroid dienone is 1. The summed E-state index contributed by atoms with van der Waals surface area (Å²) in [7, 11) is 2.87. The number of amides is 1. The number of carbonyl (C=O) groups is 2. The molecular weight excluding hydrogens is 411 g/mol. The lowest BCUT2D eigenvalue weighted by atomic mass is 9.85. The van der Waals surface area contributed by atoms with Crippen LogP contribution in [0.2, 0.25) is 0 Å². The quantitative estimate of drug-likeness (QED) is 0.544. The Morgan fingerprint density at radius 3 is 2.19 bits per heavy atom. The molecule has 3 atom stereocenters. The average molecular weight is 433 g/mol. The first-order valence-corrected chi connectivity index (χ1v) is 9.61. The van der Waals surface area contributed by atoms with Crippen molar-refractivity contribution in [2.75, 3.05) is 14.2 Å². The van der Waals surface area contributed by atoms with E-state index in [2.05, 4.69) is 5.32 Å². The molecule has 1 aliphatic carbocycles. The first-order chi connectivity index (χ1) is 14.7. The number of methoxy groups -OCH3 is 2. The van der Waals surface area contributed by atoms with Crippen molar-refractivity contribution in [1.82, 2.24) is 5.32 Å². The van der Waals surface area contributed by atoms with E-state index in [-0.39, 0.29) is 17.5 Å². The highest BCUT2D eigenvalue weighted by atomic mass is 19.4. The van der Waals surface area contributed by atoms with Crippen molar-refractivity contribution in [2.45, 2.75) is 24.6 Å². The van der Waals surface area contributed by atoms with Crippen LogP contribution in [-0.2, 0) is 15.7 Å². The first-order valence-electron chi connectivity index (χ1n) is 9.61. The summed E-state index contributed by atoms with van der Waals surface area (Å²) >= 11 is 0. The van der Waals surface area contributed by atoms with E-state index in [1.807, 2.05) is 6.08 Å². The summed E-state index contributed by atoms with van der Waals surface area (Å²) in [5.41, 5.74) is 0.0758. The molecule has 5 nitrogen and oxygen atoms in total. The van der Waals surface area contributed by atoms with Gasteiger partial charge in [-0.1, -0.05) is 24.3 Å². The topological polar surface area (TPSA) is 64.6 Å². The third-order valence-electron chi connectivity index (χ3n) is 5.27. The van der Waals surface area contributed by atoms with E-state index >= 15 is 0 Å². The maximum atomic E-state index is 12.7. The van der Waals surface area contributed by atoms with Gasteiger partial charge in [0.2, 0.25) is 0 Å². The summed E-state index contributed by atoms with van der Waals surface area (Å²) in [5, 5.41) is 2.79. The van der Waals surface area contributed by atoms with Crippen LogP contribution in [0.25, 0.3) is 0 Å². The molecule has 3 rings (SSSR count). The van der Waals surface area contributed by atoms with Gasteiger partial charge in [-0.15, -0.1) is 0 Å². The van der Waals surface area contributed by atoms with Crippen LogP contribution in [0.1, 0.15) is 33.8 Å². The summed E-state index contributed by atoms with van der Waals surface area (Å²) in [5.74, 6) is -0.979. The second-order valence-electron chi connectivity index (χ2n) is 7.21. The molecule has 164 valence electrons. The number of ether oxygens (including phenoxy) is 2. The van der Waals surface area contributed by atoms with Gasteiger partial charge in [0.05, 0.1) is 25.7 Å². The minimum atomic E-state index is -4.46. The molecule has 0 saturated carbocycles. The summed E-state index contributed by atoms with van der Waals surface area (Å²) in [6.07, 6.45) is -0.366. The first kappa shape index (κ1) is 22.4. The summed E-state index contributed by atoms with van der Waals surface area (Å²) in [6, 6.07) is 10.8. The maximum absolute atomic E-state index is 12.7. The monoisotopic (exact) mass is 433 g/mol. The SMILES string of the molecule is COC(=O)C(c1ccc(OC)cc1)C1C=CC(NC(=O)c2ccc(C(F)(F)F)cc2)C1. The van der Waals surface area contributed by atoms with E-state index in [4.69, 9.17) is 9.47 Å². The zero-order valence-corrected chi connectivity index (χ0v) is 17.0. The third kappa shape index (κ3) is 5.25. The second kappa shape index (κ2) is 9.24. The standard InChI is InChI=1S/C23H22F3NO4/c1-30-19-11-6-14(7-12-19)20(22(29)31-2)16-5-10-18(13-16)27-21(28)15-3-8-17(9-4-15)23(24,25)26/h3-12,16,18,20H,13H2,1-2H3,(H,27,28). The van der Waals surface area contributed by atoms with Crippen LogP contribution in [0.4, 0.5) is 13.2 Å². The summed E-state index contributed by atoms with van der Waals surface area (Å²) in [6.45, 7) is 0. The van der Waals surface area contributed by atoms with Crippen molar-refractivity contribution in [1.29, 1.82) is 0 Å². The van der Waals surface area contributed by atoms with Crippen LogP contribution in [0, 0.1) is 5.92 Å². The highest BCUT2D eigenvalue weighted by molar-refractivity contribution is 5.94. The van der Waals surface area contributed by atoms with Gasteiger partial charge in [-0.25, -0.2) is 0 Å². The fourth-order valence-electron chi connectivity index (χ4n) is 3.64. The third-order valence-corrected chi connectivity index (χ3v) is 5.27. The lowest BCUT2D eigenvalue weighted by molar-refractivity contribution is -0.143.